The van der Waals surface area contributed by atoms with Crippen LogP contribution in [0.15, 0.2) is 36.5 Å². The van der Waals surface area contributed by atoms with Crippen LogP contribution in [-0.4, -0.2) is 17.6 Å². The molecular weight excluding hydrogens is 238 g/mol. The summed E-state index contributed by atoms with van der Waals surface area (Å²) in [6, 6.07) is 9.16. The third-order valence-corrected chi connectivity index (χ3v) is 2.81. The van der Waals surface area contributed by atoms with Gasteiger partial charge in [-0.1, -0.05) is 17.7 Å². The van der Waals surface area contributed by atoms with Crippen LogP contribution in [0.2, 0.25) is 5.02 Å². The molecule has 0 bridgehead atoms. The van der Waals surface area contributed by atoms with Crippen LogP contribution in [0, 0.1) is 6.92 Å². The third kappa shape index (κ3) is 2.19. The molecule has 0 atom stereocenters. The van der Waals surface area contributed by atoms with Gasteiger partial charge in [-0.05, 0) is 36.8 Å². The molecule has 0 N–H and O–H groups in total. The molecule has 88 valence electrons. The van der Waals surface area contributed by atoms with Gasteiger partial charge in [-0.2, -0.15) is 0 Å². The van der Waals surface area contributed by atoms with Crippen molar-refractivity contribution in [3.8, 4) is 5.69 Å². The van der Waals surface area contributed by atoms with E-state index in [2.05, 4.69) is 0 Å². The van der Waals surface area contributed by atoms with Crippen LogP contribution in [0.25, 0.3) is 5.69 Å². The number of halogens is 1. The lowest BCUT2D eigenvalue weighted by Gasteiger charge is -2.10. The van der Waals surface area contributed by atoms with Gasteiger partial charge in [0.1, 0.15) is 5.69 Å². The molecule has 0 saturated heterocycles. The Bertz CT molecular complexity index is 560. The van der Waals surface area contributed by atoms with E-state index in [1.165, 1.54) is 7.11 Å². The number of nitrogens with zero attached hydrogens (tertiary/aromatic N) is 1. The fourth-order valence-electron chi connectivity index (χ4n) is 1.67. The quantitative estimate of drug-likeness (QED) is 0.766. The van der Waals surface area contributed by atoms with E-state index < -0.39 is 0 Å². The van der Waals surface area contributed by atoms with Crippen LogP contribution in [0.1, 0.15) is 16.1 Å². The van der Waals surface area contributed by atoms with Gasteiger partial charge in [-0.25, -0.2) is 4.79 Å². The molecule has 0 fully saturated rings. The van der Waals surface area contributed by atoms with Crippen molar-refractivity contribution in [2.24, 2.45) is 0 Å². The van der Waals surface area contributed by atoms with Crippen LogP contribution in [-0.2, 0) is 4.74 Å². The van der Waals surface area contributed by atoms with Crippen molar-refractivity contribution in [1.82, 2.24) is 4.57 Å². The summed E-state index contributed by atoms with van der Waals surface area (Å²) in [7, 11) is 1.36. The number of methoxy groups -OCH3 is 1. The van der Waals surface area contributed by atoms with Crippen LogP contribution >= 0.6 is 11.6 Å². The lowest BCUT2D eigenvalue weighted by molar-refractivity contribution is 0.0591. The second kappa shape index (κ2) is 4.63. The van der Waals surface area contributed by atoms with Gasteiger partial charge in [0, 0.05) is 6.20 Å². The molecule has 1 aromatic carbocycles. The number of carbonyl (C=O) groups is 1. The van der Waals surface area contributed by atoms with Crippen molar-refractivity contribution in [2.75, 3.05) is 7.11 Å². The van der Waals surface area contributed by atoms with Gasteiger partial charge >= 0.3 is 5.97 Å². The van der Waals surface area contributed by atoms with Crippen LogP contribution in [0.5, 0.6) is 0 Å². The van der Waals surface area contributed by atoms with E-state index in [1.807, 2.05) is 25.1 Å². The normalized spacial score (nSPS) is 10.3. The topological polar surface area (TPSA) is 31.2 Å². The van der Waals surface area contributed by atoms with Gasteiger partial charge in [0.05, 0.1) is 17.8 Å². The molecule has 0 saturated carbocycles. The molecule has 3 nitrogen and oxygen atoms in total. The Labute approximate surface area is 105 Å². The first-order valence-electron chi connectivity index (χ1n) is 5.15. The zero-order chi connectivity index (χ0) is 12.4. The number of ether oxygens (including phenoxy) is 1. The maximum atomic E-state index is 11.6. The van der Waals surface area contributed by atoms with Crippen molar-refractivity contribution in [3.63, 3.8) is 0 Å². The summed E-state index contributed by atoms with van der Waals surface area (Å²) >= 11 is 6.17. The van der Waals surface area contributed by atoms with Gasteiger partial charge in [0.2, 0.25) is 0 Å². The molecule has 17 heavy (non-hydrogen) atoms. The molecule has 0 aliphatic carbocycles. The summed E-state index contributed by atoms with van der Waals surface area (Å²) in [4.78, 5) is 11.6. The number of benzene rings is 1. The van der Waals surface area contributed by atoms with E-state index in [-0.39, 0.29) is 5.97 Å². The average molecular weight is 250 g/mol. The summed E-state index contributed by atoms with van der Waals surface area (Å²) in [6.07, 6.45) is 1.78. The minimum absolute atomic E-state index is 0.383. The number of aryl methyl sites for hydroxylation is 1. The number of aromatic nitrogens is 1. The highest BCUT2D eigenvalue weighted by molar-refractivity contribution is 6.32. The minimum atomic E-state index is -0.383. The highest BCUT2D eigenvalue weighted by Crippen LogP contribution is 2.23. The summed E-state index contributed by atoms with van der Waals surface area (Å²) in [5, 5.41) is 0.603. The summed E-state index contributed by atoms with van der Waals surface area (Å²) in [6.45, 7) is 1.96. The van der Waals surface area contributed by atoms with E-state index in [4.69, 9.17) is 16.3 Å². The molecular formula is C13H12ClNO2. The van der Waals surface area contributed by atoms with E-state index in [1.54, 1.807) is 22.9 Å². The van der Waals surface area contributed by atoms with Crippen LogP contribution in [0.3, 0.4) is 0 Å². The standard InChI is InChI=1S/C13H12ClNO2/c1-9-5-6-11(10(14)8-9)15-7-3-4-12(15)13(16)17-2/h3-8H,1-2H3. The maximum Gasteiger partial charge on any atom is 0.355 e. The zero-order valence-corrected chi connectivity index (χ0v) is 10.4. The molecule has 0 amide bonds. The Morgan fingerprint density at radius 1 is 1.35 bits per heavy atom. The fraction of sp³-hybridized carbons (Fsp3) is 0.154. The molecule has 2 aromatic rings. The van der Waals surface area contributed by atoms with Gasteiger partial charge in [-0.15, -0.1) is 0 Å². The second-order valence-corrected chi connectivity index (χ2v) is 4.12. The zero-order valence-electron chi connectivity index (χ0n) is 9.61. The Balaban J connectivity index is 2.53. The summed E-state index contributed by atoms with van der Waals surface area (Å²) < 4.78 is 6.43. The predicted octanol–water partition coefficient (Wildman–Crippen LogP) is 3.23. The van der Waals surface area contributed by atoms with Crippen molar-refractivity contribution >= 4 is 17.6 Å². The molecule has 2 rings (SSSR count). The predicted molar refractivity (Wildman–Crippen MR) is 66.9 cm³/mol. The first kappa shape index (κ1) is 11.7. The largest absolute Gasteiger partial charge is 0.464 e. The van der Waals surface area contributed by atoms with Gasteiger partial charge in [-0.3, -0.25) is 0 Å². The van der Waals surface area contributed by atoms with Crippen LogP contribution in [0.4, 0.5) is 0 Å². The molecule has 0 aliphatic rings. The van der Waals surface area contributed by atoms with E-state index in [0.717, 1.165) is 11.3 Å². The van der Waals surface area contributed by atoms with Crippen molar-refractivity contribution < 1.29 is 9.53 Å². The third-order valence-electron chi connectivity index (χ3n) is 2.51. The average Bonchev–Trinajstić information content (AvgIpc) is 2.77. The van der Waals surface area contributed by atoms with Gasteiger partial charge in [0.15, 0.2) is 0 Å². The maximum absolute atomic E-state index is 11.6. The van der Waals surface area contributed by atoms with Crippen LogP contribution < -0.4 is 0 Å². The van der Waals surface area contributed by atoms with Gasteiger partial charge < -0.3 is 9.30 Å². The van der Waals surface area contributed by atoms with E-state index >= 15 is 0 Å². The van der Waals surface area contributed by atoms with Crippen molar-refractivity contribution in [3.05, 3.63) is 52.8 Å². The molecule has 0 radical (unpaired) electrons. The van der Waals surface area contributed by atoms with Gasteiger partial charge in [0.25, 0.3) is 0 Å². The molecule has 0 unspecified atom stereocenters. The summed E-state index contributed by atoms with van der Waals surface area (Å²) in [5.74, 6) is -0.383. The Morgan fingerprint density at radius 3 is 2.76 bits per heavy atom. The number of hydrogen-bond donors (Lipinski definition) is 0. The monoisotopic (exact) mass is 249 g/mol. The lowest BCUT2D eigenvalue weighted by atomic mass is 10.2. The Hall–Kier alpha value is -1.74. The molecule has 1 aromatic heterocycles. The number of rotatable bonds is 2. The number of carbonyl (C=O) groups excluding carboxylic acids is 1. The number of esters is 1. The lowest BCUT2D eigenvalue weighted by Crippen LogP contribution is -2.08. The van der Waals surface area contributed by atoms with E-state index in [9.17, 15) is 4.79 Å². The Kier molecular flexibility index (Phi) is 3.20. The SMILES string of the molecule is COC(=O)c1cccn1-c1ccc(C)cc1Cl. The summed E-state index contributed by atoms with van der Waals surface area (Å²) in [5.41, 5.74) is 2.30. The first-order chi connectivity index (χ1) is 8.13. The van der Waals surface area contributed by atoms with Crippen molar-refractivity contribution in [2.45, 2.75) is 6.92 Å². The molecule has 1 heterocycles. The Morgan fingerprint density at radius 2 is 2.12 bits per heavy atom. The second-order valence-electron chi connectivity index (χ2n) is 3.71. The van der Waals surface area contributed by atoms with Crippen molar-refractivity contribution in [1.29, 1.82) is 0 Å². The smallest absolute Gasteiger partial charge is 0.355 e. The first-order valence-corrected chi connectivity index (χ1v) is 5.53. The highest BCUT2D eigenvalue weighted by Gasteiger charge is 2.13. The fourth-order valence-corrected chi connectivity index (χ4v) is 2.00. The number of hydrogen-bond acceptors (Lipinski definition) is 2. The van der Waals surface area contributed by atoms with E-state index in [0.29, 0.717) is 10.7 Å². The molecule has 0 spiro atoms. The highest BCUT2D eigenvalue weighted by atomic mass is 35.5. The minimum Gasteiger partial charge on any atom is -0.464 e. The molecule has 4 heteroatoms. The molecule has 0 aliphatic heterocycles.